The van der Waals surface area contributed by atoms with Crippen LogP contribution in [0.4, 0.5) is 0 Å². The van der Waals surface area contributed by atoms with Crippen molar-refractivity contribution in [2.45, 2.75) is 25.6 Å². The first-order chi connectivity index (χ1) is 5.96. The van der Waals surface area contributed by atoms with E-state index in [4.69, 9.17) is 5.11 Å². The predicted molar refractivity (Wildman–Crippen MR) is 42.8 cm³/mol. The number of carbonyl (C=O) groups is 1. The molecule has 1 aliphatic heterocycles. The second kappa shape index (κ2) is 3.45. The summed E-state index contributed by atoms with van der Waals surface area (Å²) in [6, 6.07) is 0. The van der Waals surface area contributed by atoms with Crippen molar-refractivity contribution in [2.24, 2.45) is 0 Å². The number of carboxylic acids is 1. The van der Waals surface area contributed by atoms with Crippen LogP contribution in [0, 0.1) is 0 Å². The number of hydrogen-bond acceptors (Lipinski definition) is 4. The first kappa shape index (κ1) is 10.2. The molecule has 0 aromatic rings. The number of aliphatic hydroxyl groups excluding tert-OH is 1. The molecule has 0 aromatic carbocycles. The number of carboxylic acid groups (broad SMARTS) is 1. The highest BCUT2D eigenvalue weighted by atomic mass is 17.2. The Kier molecular flexibility index (Phi) is 2.70. The lowest BCUT2D eigenvalue weighted by atomic mass is 10.00. The fourth-order valence-electron chi connectivity index (χ4n) is 0.978. The molecule has 0 aliphatic carbocycles. The number of hydrogen-bond donors (Lipinski definition) is 2. The standard InChI is InChI=1S/C8H12O5/c1-5(9)6-3-8(2,7(10)11)13-12-4-6/h3,5,9H,4H2,1-2H3,(H,10,11). The van der Waals surface area contributed by atoms with E-state index in [1.807, 2.05) is 0 Å². The molecule has 0 fully saturated rings. The van der Waals surface area contributed by atoms with Crippen molar-refractivity contribution < 1.29 is 24.8 Å². The van der Waals surface area contributed by atoms with Gasteiger partial charge in [-0.25, -0.2) is 14.6 Å². The molecule has 0 saturated carbocycles. The van der Waals surface area contributed by atoms with Gasteiger partial charge in [0.1, 0.15) is 6.61 Å². The van der Waals surface area contributed by atoms with Crippen molar-refractivity contribution in [2.75, 3.05) is 6.61 Å². The minimum atomic E-state index is -1.50. The van der Waals surface area contributed by atoms with E-state index < -0.39 is 17.7 Å². The van der Waals surface area contributed by atoms with Crippen molar-refractivity contribution in [3.8, 4) is 0 Å². The molecule has 1 rings (SSSR count). The Morgan fingerprint density at radius 3 is 2.85 bits per heavy atom. The zero-order chi connectivity index (χ0) is 10.1. The number of rotatable bonds is 2. The first-order valence-electron chi connectivity index (χ1n) is 3.89. The summed E-state index contributed by atoms with van der Waals surface area (Å²) in [7, 11) is 0. The Morgan fingerprint density at radius 2 is 2.38 bits per heavy atom. The Balaban J connectivity index is 2.90. The van der Waals surface area contributed by atoms with Crippen molar-refractivity contribution in [3.63, 3.8) is 0 Å². The van der Waals surface area contributed by atoms with Crippen LogP contribution in [0.25, 0.3) is 0 Å². The number of aliphatic hydroxyl groups is 1. The van der Waals surface area contributed by atoms with E-state index in [2.05, 4.69) is 9.78 Å². The molecule has 0 bridgehead atoms. The van der Waals surface area contributed by atoms with Gasteiger partial charge in [0.25, 0.3) is 0 Å². The van der Waals surface area contributed by atoms with E-state index in [1.54, 1.807) is 6.92 Å². The molecular formula is C8H12O5. The van der Waals surface area contributed by atoms with Gasteiger partial charge in [-0.3, -0.25) is 0 Å². The third-order valence-electron chi connectivity index (χ3n) is 1.88. The fraction of sp³-hybridized carbons (Fsp3) is 0.625. The van der Waals surface area contributed by atoms with Crippen LogP contribution in [-0.2, 0) is 14.6 Å². The van der Waals surface area contributed by atoms with Crippen LogP contribution < -0.4 is 0 Å². The lowest BCUT2D eigenvalue weighted by Gasteiger charge is -2.27. The molecule has 2 N–H and O–H groups in total. The van der Waals surface area contributed by atoms with Crippen LogP contribution in [0.3, 0.4) is 0 Å². The molecule has 1 heterocycles. The lowest BCUT2D eigenvalue weighted by molar-refractivity contribution is -0.341. The Labute approximate surface area is 75.5 Å². The Morgan fingerprint density at radius 1 is 1.77 bits per heavy atom. The third-order valence-corrected chi connectivity index (χ3v) is 1.88. The molecule has 0 radical (unpaired) electrons. The van der Waals surface area contributed by atoms with Crippen LogP contribution in [-0.4, -0.2) is 34.5 Å². The second-order valence-electron chi connectivity index (χ2n) is 3.15. The second-order valence-corrected chi connectivity index (χ2v) is 3.15. The maximum absolute atomic E-state index is 10.7. The largest absolute Gasteiger partial charge is 0.479 e. The molecule has 5 nitrogen and oxygen atoms in total. The first-order valence-corrected chi connectivity index (χ1v) is 3.89. The van der Waals surface area contributed by atoms with Crippen molar-refractivity contribution in [1.29, 1.82) is 0 Å². The third kappa shape index (κ3) is 2.06. The topological polar surface area (TPSA) is 76.0 Å². The molecular weight excluding hydrogens is 176 g/mol. The summed E-state index contributed by atoms with van der Waals surface area (Å²) in [5, 5.41) is 18.0. The van der Waals surface area contributed by atoms with E-state index in [0.717, 1.165) is 0 Å². The van der Waals surface area contributed by atoms with Crippen molar-refractivity contribution in [1.82, 2.24) is 0 Å². The van der Waals surface area contributed by atoms with E-state index in [-0.39, 0.29) is 6.61 Å². The summed E-state index contributed by atoms with van der Waals surface area (Å²) in [6.07, 6.45) is 0.645. The fourth-order valence-corrected chi connectivity index (χ4v) is 0.978. The van der Waals surface area contributed by atoms with Gasteiger partial charge in [-0.2, -0.15) is 0 Å². The predicted octanol–water partition coefficient (Wildman–Crippen LogP) is 0.0987. The summed E-state index contributed by atoms with van der Waals surface area (Å²) >= 11 is 0. The van der Waals surface area contributed by atoms with Crippen LogP contribution >= 0.6 is 0 Å². The average Bonchev–Trinajstić information content (AvgIpc) is 2.04. The summed E-state index contributed by atoms with van der Waals surface area (Å²) in [5.41, 5.74) is -0.985. The highest BCUT2D eigenvalue weighted by Gasteiger charge is 2.37. The minimum absolute atomic E-state index is 0.0978. The SMILES string of the molecule is CC(O)C1=CC(C)(C(=O)O)OOC1. The zero-order valence-electron chi connectivity index (χ0n) is 7.48. The molecule has 2 unspecified atom stereocenters. The van der Waals surface area contributed by atoms with Gasteiger partial charge in [0.2, 0.25) is 5.60 Å². The van der Waals surface area contributed by atoms with Crippen LogP contribution in [0.5, 0.6) is 0 Å². The molecule has 5 heteroatoms. The van der Waals surface area contributed by atoms with Gasteiger partial charge in [0.05, 0.1) is 6.10 Å². The Hall–Kier alpha value is -0.910. The lowest BCUT2D eigenvalue weighted by Crippen LogP contribution is -2.40. The van der Waals surface area contributed by atoms with Gasteiger partial charge >= 0.3 is 5.97 Å². The molecule has 1 aliphatic rings. The van der Waals surface area contributed by atoms with Crippen LogP contribution in [0.15, 0.2) is 11.6 Å². The van der Waals surface area contributed by atoms with Gasteiger partial charge in [-0.15, -0.1) is 0 Å². The molecule has 0 saturated heterocycles. The van der Waals surface area contributed by atoms with Crippen molar-refractivity contribution >= 4 is 5.97 Å². The highest BCUT2D eigenvalue weighted by Crippen LogP contribution is 2.22. The normalized spacial score (nSPS) is 30.8. The minimum Gasteiger partial charge on any atom is -0.479 e. The molecule has 2 atom stereocenters. The highest BCUT2D eigenvalue weighted by molar-refractivity contribution is 5.79. The summed E-state index contributed by atoms with van der Waals surface area (Å²) < 4.78 is 0. The molecule has 0 amide bonds. The zero-order valence-corrected chi connectivity index (χ0v) is 7.48. The summed E-state index contributed by atoms with van der Waals surface area (Å²) in [6.45, 7) is 3.00. The summed E-state index contributed by atoms with van der Waals surface area (Å²) in [5.74, 6) is -1.15. The molecule has 0 spiro atoms. The van der Waals surface area contributed by atoms with Gasteiger partial charge in [-0.05, 0) is 25.5 Å². The maximum atomic E-state index is 10.7. The molecule has 74 valence electrons. The van der Waals surface area contributed by atoms with E-state index in [9.17, 15) is 9.90 Å². The summed E-state index contributed by atoms with van der Waals surface area (Å²) in [4.78, 5) is 19.9. The molecule has 0 aromatic heterocycles. The number of aliphatic carboxylic acids is 1. The van der Waals surface area contributed by atoms with E-state index in [0.29, 0.717) is 5.57 Å². The molecule has 13 heavy (non-hydrogen) atoms. The van der Waals surface area contributed by atoms with Gasteiger partial charge in [0, 0.05) is 0 Å². The van der Waals surface area contributed by atoms with E-state index in [1.165, 1.54) is 13.0 Å². The van der Waals surface area contributed by atoms with Gasteiger partial charge in [-0.1, -0.05) is 0 Å². The van der Waals surface area contributed by atoms with Crippen LogP contribution in [0.2, 0.25) is 0 Å². The average molecular weight is 188 g/mol. The van der Waals surface area contributed by atoms with E-state index >= 15 is 0 Å². The Bertz CT molecular complexity index is 245. The monoisotopic (exact) mass is 188 g/mol. The van der Waals surface area contributed by atoms with Gasteiger partial charge < -0.3 is 10.2 Å². The van der Waals surface area contributed by atoms with Crippen molar-refractivity contribution in [3.05, 3.63) is 11.6 Å². The quantitative estimate of drug-likeness (QED) is 0.474. The maximum Gasteiger partial charge on any atom is 0.343 e. The smallest absolute Gasteiger partial charge is 0.343 e. The van der Waals surface area contributed by atoms with Crippen LogP contribution in [0.1, 0.15) is 13.8 Å². The van der Waals surface area contributed by atoms with Gasteiger partial charge in [0.15, 0.2) is 0 Å².